The molecule has 0 aliphatic carbocycles. The summed E-state index contributed by atoms with van der Waals surface area (Å²) >= 11 is 5.82. The van der Waals surface area contributed by atoms with E-state index in [0.717, 1.165) is 6.42 Å². The molecule has 0 unspecified atom stereocenters. The van der Waals surface area contributed by atoms with Gasteiger partial charge in [-0.05, 0) is 43.2 Å². The van der Waals surface area contributed by atoms with Gasteiger partial charge in [0.15, 0.2) is 0 Å². The van der Waals surface area contributed by atoms with E-state index in [1.54, 1.807) is 0 Å². The van der Waals surface area contributed by atoms with Gasteiger partial charge in [0.25, 0.3) is 5.91 Å². The lowest BCUT2D eigenvalue weighted by atomic mass is 10.1. The van der Waals surface area contributed by atoms with Gasteiger partial charge in [0, 0.05) is 29.8 Å². The fraction of sp³-hybridized carbons (Fsp3) is 0.278. The third-order valence-corrected chi connectivity index (χ3v) is 4.39. The lowest BCUT2D eigenvalue weighted by Crippen LogP contribution is -2.38. The van der Waals surface area contributed by atoms with Crippen molar-refractivity contribution in [2.45, 2.75) is 19.4 Å². The minimum atomic E-state index is -0.563. The van der Waals surface area contributed by atoms with Crippen molar-refractivity contribution in [2.24, 2.45) is 0 Å². The number of nitrogens with zero attached hydrogens (tertiary/aromatic N) is 1. The zero-order chi connectivity index (χ0) is 16.4. The standard InChI is InChI=1S/C18H18ClFN2O/c1-12-10-13-4-2-3-5-17(13)22(12)9-8-21-18(23)15-11-14(19)6-7-16(15)20/h2-7,11-12H,8-10H2,1H3,(H,21,23)/t12-/m0/s1. The van der Waals surface area contributed by atoms with Gasteiger partial charge < -0.3 is 10.2 Å². The van der Waals surface area contributed by atoms with Crippen molar-refractivity contribution in [3.8, 4) is 0 Å². The molecule has 1 amide bonds. The highest BCUT2D eigenvalue weighted by Gasteiger charge is 2.25. The maximum atomic E-state index is 13.7. The van der Waals surface area contributed by atoms with Crippen LogP contribution >= 0.6 is 11.6 Å². The number of carbonyl (C=O) groups excluding carboxylic acids is 1. The van der Waals surface area contributed by atoms with Gasteiger partial charge in [-0.15, -0.1) is 0 Å². The van der Waals surface area contributed by atoms with E-state index in [-0.39, 0.29) is 5.56 Å². The van der Waals surface area contributed by atoms with E-state index >= 15 is 0 Å². The topological polar surface area (TPSA) is 32.3 Å². The number of anilines is 1. The Hall–Kier alpha value is -2.07. The highest BCUT2D eigenvalue weighted by molar-refractivity contribution is 6.31. The number of nitrogens with one attached hydrogen (secondary N) is 1. The SMILES string of the molecule is C[C@H]1Cc2ccccc2N1CCNC(=O)c1cc(Cl)ccc1F. The van der Waals surface area contributed by atoms with E-state index < -0.39 is 11.7 Å². The van der Waals surface area contributed by atoms with Crippen LogP contribution in [0.25, 0.3) is 0 Å². The molecule has 1 N–H and O–H groups in total. The molecular formula is C18H18ClFN2O. The first-order valence-corrected chi connectivity index (χ1v) is 8.02. The maximum absolute atomic E-state index is 13.7. The zero-order valence-electron chi connectivity index (χ0n) is 12.9. The number of fused-ring (bicyclic) bond motifs is 1. The molecule has 0 radical (unpaired) electrons. The lowest BCUT2D eigenvalue weighted by Gasteiger charge is -2.25. The first-order valence-electron chi connectivity index (χ1n) is 7.64. The van der Waals surface area contributed by atoms with Gasteiger partial charge in [0.1, 0.15) is 5.82 Å². The number of halogens is 2. The van der Waals surface area contributed by atoms with Crippen LogP contribution in [-0.2, 0) is 6.42 Å². The molecule has 0 fully saturated rings. The minimum Gasteiger partial charge on any atom is -0.367 e. The second kappa shape index (κ2) is 6.59. The Morgan fingerprint density at radius 1 is 1.35 bits per heavy atom. The quantitative estimate of drug-likeness (QED) is 0.926. The molecule has 1 aliphatic rings. The van der Waals surface area contributed by atoms with Crippen molar-refractivity contribution in [3.05, 3.63) is 64.4 Å². The van der Waals surface area contributed by atoms with Crippen LogP contribution in [0.2, 0.25) is 5.02 Å². The summed E-state index contributed by atoms with van der Waals surface area (Å²) in [5.41, 5.74) is 2.52. The number of rotatable bonds is 4. The van der Waals surface area contributed by atoms with Gasteiger partial charge >= 0.3 is 0 Å². The average molecular weight is 333 g/mol. The van der Waals surface area contributed by atoms with E-state index in [1.165, 1.54) is 29.4 Å². The van der Waals surface area contributed by atoms with E-state index in [1.807, 2.05) is 12.1 Å². The van der Waals surface area contributed by atoms with Crippen molar-refractivity contribution >= 4 is 23.2 Å². The molecule has 0 saturated heterocycles. The lowest BCUT2D eigenvalue weighted by molar-refractivity contribution is 0.0950. The molecule has 3 nitrogen and oxygen atoms in total. The molecule has 2 aromatic carbocycles. The van der Waals surface area contributed by atoms with Crippen molar-refractivity contribution in [2.75, 3.05) is 18.0 Å². The summed E-state index contributed by atoms with van der Waals surface area (Å²) in [5.74, 6) is -1.00. The molecular weight excluding hydrogens is 315 g/mol. The molecule has 2 aromatic rings. The van der Waals surface area contributed by atoms with Crippen LogP contribution in [-0.4, -0.2) is 25.0 Å². The molecule has 1 heterocycles. The number of hydrogen-bond donors (Lipinski definition) is 1. The summed E-state index contributed by atoms with van der Waals surface area (Å²) in [4.78, 5) is 14.4. The van der Waals surface area contributed by atoms with Crippen LogP contribution in [0.15, 0.2) is 42.5 Å². The average Bonchev–Trinajstić information content (AvgIpc) is 2.85. The molecule has 3 rings (SSSR count). The molecule has 0 aromatic heterocycles. The van der Waals surface area contributed by atoms with Gasteiger partial charge in [-0.2, -0.15) is 0 Å². The van der Waals surface area contributed by atoms with Crippen molar-refractivity contribution < 1.29 is 9.18 Å². The highest BCUT2D eigenvalue weighted by Crippen LogP contribution is 2.31. The summed E-state index contributed by atoms with van der Waals surface area (Å²) in [7, 11) is 0. The Kier molecular flexibility index (Phi) is 4.53. The Morgan fingerprint density at radius 3 is 2.96 bits per heavy atom. The summed E-state index contributed by atoms with van der Waals surface area (Å²) < 4.78 is 13.7. The number of amides is 1. The maximum Gasteiger partial charge on any atom is 0.254 e. The Morgan fingerprint density at radius 2 is 2.13 bits per heavy atom. The predicted molar refractivity (Wildman–Crippen MR) is 90.7 cm³/mol. The molecule has 120 valence electrons. The van der Waals surface area contributed by atoms with Crippen LogP contribution in [0, 0.1) is 5.82 Å². The van der Waals surface area contributed by atoms with E-state index in [9.17, 15) is 9.18 Å². The number of para-hydroxylation sites is 1. The fourth-order valence-electron chi connectivity index (χ4n) is 3.03. The third-order valence-electron chi connectivity index (χ3n) is 4.16. The molecule has 23 heavy (non-hydrogen) atoms. The van der Waals surface area contributed by atoms with Gasteiger partial charge in [-0.25, -0.2) is 4.39 Å². The summed E-state index contributed by atoms with van der Waals surface area (Å²) in [6, 6.07) is 12.7. The van der Waals surface area contributed by atoms with Crippen LogP contribution in [0.4, 0.5) is 10.1 Å². The summed E-state index contributed by atoms with van der Waals surface area (Å²) in [6.07, 6.45) is 1.01. The highest BCUT2D eigenvalue weighted by atomic mass is 35.5. The predicted octanol–water partition coefficient (Wildman–Crippen LogP) is 3.66. The molecule has 1 atom stereocenters. The first-order chi connectivity index (χ1) is 11.1. The third kappa shape index (κ3) is 3.32. The molecule has 1 aliphatic heterocycles. The molecule has 5 heteroatoms. The molecule has 0 saturated carbocycles. The van der Waals surface area contributed by atoms with Gasteiger partial charge in [0.05, 0.1) is 5.56 Å². The van der Waals surface area contributed by atoms with Crippen LogP contribution < -0.4 is 10.2 Å². The van der Waals surface area contributed by atoms with Crippen LogP contribution in [0.5, 0.6) is 0 Å². The summed E-state index contributed by atoms with van der Waals surface area (Å²) in [5, 5.41) is 3.11. The van der Waals surface area contributed by atoms with Crippen molar-refractivity contribution in [1.29, 1.82) is 0 Å². The van der Waals surface area contributed by atoms with Crippen molar-refractivity contribution in [3.63, 3.8) is 0 Å². The minimum absolute atomic E-state index is 0.0210. The van der Waals surface area contributed by atoms with E-state index in [4.69, 9.17) is 11.6 Å². The molecule has 0 spiro atoms. The van der Waals surface area contributed by atoms with Gasteiger partial charge in [-0.3, -0.25) is 4.79 Å². The zero-order valence-corrected chi connectivity index (χ0v) is 13.6. The Labute approximate surface area is 140 Å². The second-order valence-electron chi connectivity index (χ2n) is 5.76. The Bertz CT molecular complexity index is 735. The van der Waals surface area contributed by atoms with E-state index in [0.29, 0.717) is 24.2 Å². The number of benzene rings is 2. The van der Waals surface area contributed by atoms with Crippen LogP contribution in [0.3, 0.4) is 0 Å². The van der Waals surface area contributed by atoms with Gasteiger partial charge in [-0.1, -0.05) is 29.8 Å². The van der Waals surface area contributed by atoms with Crippen LogP contribution in [0.1, 0.15) is 22.8 Å². The normalized spacial score (nSPS) is 16.3. The van der Waals surface area contributed by atoms with Gasteiger partial charge in [0.2, 0.25) is 0 Å². The smallest absolute Gasteiger partial charge is 0.254 e. The Balaban J connectivity index is 1.61. The molecule has 0 bridgehead atoms. The number of carbonyl (C=O) groups is 1. The largest absolute Gasteiger partial charge is 0.367 e. The first kappa shape index (κ1) is 15.8. The van der Waals surface area contributed by atoms with E-state index in [2.05, 4.69) is 29.3 Å². The second-order valence-corrected chi connectivity index (χ2v) is 6.19. The van der Waals surface area contributed by atoms with Crippen molar-refractivity contribution in [1.82, 2.24) is 5.32 Å². The summed E-state index contributed by atoms with van der Waals surface area (Å²) in [6.45, 7) is 3.30. The number of hydrogen-bond acceptors (Lipinski definition) is 2. The fourth-order valence-corrected chi connectivity index (χ4v) is 3.20. The monoisotopic (exact) mass is 332 g/mol.